The third-order valence-electron chi connectivity index (χ3n) is 3.76. The van der Waals surface area contributed by atoms with Crippen molar-refractivity contribution in [2.45, 2.75) is 0 Å². The van der Waals surface area contributed by atoms with E-state index in [1.807, 2.05) is 35.7 Å². The summed E-state index contributed by atoms with van der Waals surface area (Å²) in [6.07, 6.45) is 0. The lowest BCUT2D eigenvalue weighted by atomic mass is 10.1. The molecule has 2 N–H and O–H groups in total. The first kappa shape index (κ1) is 18.5. The van der Waals surface area contributed by atoms with E-state index in [2.05, 4.69) is 15.6 Å². The van der Waals surface area contributed by atoms with Crippen LogP contribution in [0.3, 0.4) is 0 Å². The number of carbonyl (C=O) groups is 1. The minimum absolute atomic E-state index is 0.405. The predicted octanol–water partition coefficient (Wildman–Crippen LogP) is 4.48. The molecule has 2 aromatic carbocycles. The first-order chi connectivity index (χ1) is 13.1. The molecular weight excluding hydrogens is 366 g/mol. The molecule has 0 saturated heterocycles. The fourth-order valence-corrected chi connectivity index (χ4v) is 3.17. The maximum atomic E-state index is 12.3. The molecule has 140 valence electrons. The zero-order chi connectivity index (χ0) is 19.2. The van der Waals surface area contributed by atoms with Crippen molar-refractivity contribution in [3.63, 3.8) is 0 Å². The number of rotatable bonds is 6. The number of anilines is 2. The topological polar surface area (TPSA) is 81.7 Å². The third kappa shape index (κ3) is 4.29. The molecule has 0 bridgehead atoms. The van der Waals surface area contributed by atoms with E-state index < -0.39 is 6.03 Å². The predicted molar refractivity (Wildman–Crippen MR) is 106 cm³/mol. The van der Waals surface area contributed by atoms with Gasteiger partial charge in [-0.05, 0) is 30.3 Å². The molecule has 3 rings (SSSR count). The smallest absolute Gasteiger partial charge is 0.325 e. The van der Waals surface area contributed by atoms with E-state index in [-0.39, 0.29) is 0 Å². The van der Waals surface area contributed by atoms with Gasteiger partial charge in [0.1, 0.15) is 17.2 Å². The highest BCUT2D eigenvalue weighted by Gasteiger charge is 2.13. The van der Waals surface area contributed by atoms with Crippen LogP contribution in [0, 0.1) is 0 Å². The Morgan fingerprint density at radius 1 is 0.963 bits per heavy atom. The van der Waals surface area contributed by atoms with Gasteiger partial charge in [-0.3, -0.25) is 5.32 Å². The van der Waals surface area contributed by atoms with Gasteiger partial charge in [-0.2, -0.15) is 0 Å². The summed E-state index contributed by atoms with van der Waals surface area (Å²) >= 11 is 1.32. The number of nitrogens with zero attached hydrogens (tertiary/aromatic N) is 1. The summed E-state index contributed by atoms with van der Waals surface area (Å²) in [5.41, 5.74) is 2.04. The van der Waals surface area contributed by atoms with Crippen LogP contribution in [0.4, 0.5) is 15.6 Å². The standard InChI is InChI=1S/C19H19N3O4S/c1-24-12-8-9-16(25-2)13(10-12)15-11-27-19(21-15)22-18(23)20-14-6-4-5-7-17(14)26-3/h4-11H,1-3H3,(H2,20,21,22,23). The van der Waals surface area contributed by atoms with Gasteiger partial charge < -0.3 is 19.5 Å². The van der Waals surface area contributed by atoms with Crippen LogP contribution in [0.5, 0.6) is 17.2 Å². The first-order valence-corrected chi connectivity index (χ1v) is 8.91. The quantitative estimate of drug-likeness (QED) is 0.654. The van der Waals surface area contributed by atoms with Crippen molar-refractivity contribution in [2.75, 3.05) is 32.0 Å². The van der Waals surface area contributed by atoms with Gasteiger partial charge in [-0.15, -0.1) is 11.3 Å². The van der Waals surface area contributed by atoms with E-state index in [9.17, 15) is 4.79 Å². The van der Waals surface area contributed by atoms with Crippen LogP contribution in [0.1, 0.15) is 0 Å². The maximum absolute atomic E-state index is 12.3. The fraction of sp³-hybridized carbons (Fsp3) is 0.158. The van der Waals surface area contributed by atoms with Gasteiger partial charge in [0.25, 0.3) is 0 Å². The molecule has 0 atom stereocenters. The van der Waals surface area contributed by atoms with E-state index in [4.69, 9.17) is 14.2 Å². The molecule has 0 saturated carbocycles. The maximum Gasteiger partial charge on any atom is 0.325 e. The lowest BCUT2D eigenvalue weighted by Gasteiger charge is -2.10. The molecule has 0 aliphatic carbocycles. The van der Waals surface area contributed by atoms with Gasteiger partial charge in [-0.25, -0.2) is 9.78 Å². The summed E-state index contributed by atoms with van der Waals surface area (Å²) in [7, 11) is 4.74. The number of para-hydroxylation sites is 2. The molecule has 1 heterocycles. The van der Waals surface area contributed by atoms with Crippen LogP contribution < -0.4 is 24.8 Å². The minimum atomic E-state index is -0.405. The van der Waals surface area contributed by atoms with Crippen molar-refractivity contribution >= 4 is 28.2 Å². The average Bonchev–Trinajstić information content (AvgIpc) is 3.16. The lowest BCUT2D eigenvalue weighted by Crippen LogP contribution is -2.19. The highest BCUT2D eigenvalue weighted by atomic mass is 32.1. The zero-order valence-corrected chi connectivity index (χ0v) is 15.9. The summed E-state index contributed by atoms with van der Waals surface area (Å²) in [5.74, 6) is 1.95. The van der Waals surface area contributed by atoms with Gasteiger partial charge in [0, 0.05) is 10.9 Å². The van der Waals surface area contributed by atoms with Crippen LogP contribution in [-0.2, 0) is 0 Å². The Hall–Kier alpha value is -3.26. The van der Waals surface area contributed by atoms with Gasteiger partial charge in [0.2, 0.25) is 0 Å². The number of hydrogen-bond donors (Lipinski definition) is 2. The highest BCUT2D eigenvalue weighted by Crippen LogP contribution is 2.35. The number of nitrogens with one attached hydrogen (secondary N) is 2. The SMILES string of the molecule is COc1ccc(OC)c(-c2csc(NC(=O)Nc3ccccc3OC)n2)c1. The van der Waals surface area contributed by atoms with Crippen molar-refractivity contribution in [3.8, 4) is 28.5 Å². The molecule has 0 spiro atoms. The number of carbonyl (C=O) groups excluding carboxylic acids is 1. The zero-order valence-electron chi connectivity index (χ0n) is 15.1. The van der Waals surface area contributed by atoms with E-state index in [0.29, 0.717) is 33.8 Å². The number of thiazole rings is 1. The molecule has 0 unspecified atom stereocenters. The number of ether oxygens (including phenoxy) is 3. The Morgan fingerprint density at radius 3 is 2.48 bits per heavy atom. The van der Waals surface area contributed by atoms with Gasteiger partial charge >= 0.3 is 6.03 Å². The number of methoxy groups -OCH3 is 3. The Balaban J connectivity index is 1.75. The van der Waals surface area contributed by atoms with Crippen LogP contribution in [0.15, 0.2) is 47.8 Å². The van der Waals surface area contributed by atoms with Crippen molar-refractivity contribution in [1.82, 2.24) is 4.98 Å². The fourth-order valence-electron chi connectivity index (χ4n) is 2.47. The monoisotopic (exact) mass is 385 g/mol. The summed E-state index contributed by atoms with van der Waals surface area (Å²) < 4.78 is 15.9. The molecule has 3 aromatic rings. The Kier molecular flexibility index (Phi) is 5.77. The number of hydrogen-bond acceptors (Lipinski definition) is 6. The van der Waals surface area contributed by atoms with Gasteiger partial charge in [-0.1, -0.05) is 12.1 Å². The summed E-state index contributed by atoms with van der Waals surface area (Å²) in [5, 5.41) is 7.78. The van der Waals surface area contributed by atoms with Crippen molar-refractivity contribution in [1.29, 1.82) is 0 Å². The lowest BCUT2D eigenvalue weighted by molar-refractivity contribution is 0.262. The second-order valence-electron chi connectivity index (χ2n) is 5.38. The second-order valence-corrected chi connectivity index (χ2v) is 6.24. The number of amides is 2. The van der Waals surface area contributed by atoms with Crippen LogP contribution in [0.2, 0.25) is 0 Å². The molecule has 0 aliphatic rings. The molecular formula is C19H19N3O4S. The van der Waals surface area contributed by atoms with Gasteiger partial charge in [0.05, 0.1) is 32.7 Å². The van der Waals surface area contributed by atoms with Gasteiger partial charge in [0.15, 0.2) is 5.13 Å². The van der Waals surface area contributed by atoms with Crippen molar-refractivity contribution in [3.05, 3.63) is 47.8 Å². The molecule has 0 aliphatic heterocycles. The summed E-state index contributed by atoms with van der Waals surface area (Å²) in [6, 6.07) is 12.2. The normalized spacial score (nSPS) is 10.2. The molecule has 1 aromatic heterocycles. The van der Waals surface area contributed by atoms with Crippen LogP contribution in [0.25, 0.3) is 11.3 Å². The van der Waals surface area contributed by atoms with E-state index >= 15 is 0 Å². The Morgan fingerprint density at radius 2 is 1.74 bits per heavy atom. The van der Waals surface area contributed by atoms with Crippen molar-refractivity contribution < 1.29 is 19.0 Å². The summed E-state index contributed by atoms with van der Waals surface area (Å²) in [4.78, 5) is 16.7. The molecule has 2 amide bonds. The van der Waals surface area contributed by atoms with Crippen LogP contribution >= 0.6 is 11.3 Å². The van der Waals surface area contributed by atoms with Crippen LogP contribution in [-0.4, -0.2) is 32.3 Å². The average molecular weight is 385 g/mol. The van der Waals surface area contributed by atoms with Crippen molar-refractivity contribution in [2.24, 2.45) is 0 Å². The Bertz CT molecular complexity index is 942. The van der Waals surface area contributed by atoms with E-state index in [0.717, 1.165) is 5.56 Å². The molecule has 8 heteroatoms. The second kappa shape index (κ2) is 8.41. The first-order valence-electron chi connectivity index (χ1n) is 8.03. The van der Waals surface area contributed by atoms with E-state index in [1.54, 1.807) is 33.5 Å². The third-order valence-corrected chi connectivity index (χ3v) is 4.52. The minimum Gasteiger partial charge on any atom is -0.497 e. The highest BCUT2D eigenvalue weighted by molar-refractivity contribution is 7.14. The molecule has 7 nitrogen and oxygen atoms in total. The van der Waals surface area contributed by atoms with E-state index in [1.165, 1.54) is 11.3 Å². The number of aromatic nitrogens is 1. The molecule has 27 heavy (non-hydrogen) atoms. The molecule has 0 fully saturated rings. The Labute approximate surface area is 160 Å². The largest absolute Gasteiger partial charge is 0.497 e. The summed E-state index contributed by atoms with van der Waals surface area (Å²) in [6.45, 7) is 0. The number of urea groups is 1. The number of benzene rings is 2. The molecule has 0 radical (unpaired) electrons.